The summed E-state index contributed by atoms with van der Waals surface area (Å²) < 4.78 is 0. The second-order valence-electron chi connectivity index (χ2n) is 5.47. The summed E-state index contributed by atoms with van der Waals surface area (Å²) in [5.74, 6) is -0.235. The predicted octanol–water partition coefficient (Wildman–Crippen LogP) is 2.18. The number of aryl methyl sites for hydroxylation is 1. The van der Waals surface area contributed by atoms with Crippen molar-refractivity contribution < 1.29 is 4.79 Å². The molecule has 4 heteroatoms. The van der Waals surface area contributed by atoms with Crippen molar-refractivity contribution in [3.63, 3.8) is 0 Å². The van der Waals surface area contributed by atoms with Crippen molar-refractivity contribution in [3.05, 3.63) is 29.3 Å². The van der Waals surface area contributed by atoms with Crippen LogP contribution >= 0.6 is 0 Å². The molecule has 0 aliphatic carbocycles. The molecule has 0 fully saturated rings. The minimum atomic E-state index is -0.595. The maximum absolute atomic E-state index is 12.0. The summed E-state index contributed by atoms with van der Waals surface area (Å²) in [7, 11) is 0. The van der Waals surface area contributed by atoms with Crippen LogP contribution in [0, 0.1) is 23.7 Å². The molecule has 1 aromatic carbocycles. The van der Waals surface area contributed by atoms with Gasteiger partial charge in [0.2, 0.25) is 5.91 Å². The zero-order valence-corrected chi connectivity index (χ0v) is 11.2. The number of carbonyl (C=O) groups excluding carboxylic acids is 1. The summed E-state index contributed by atoms with van der Waals surface area (Å²) in [5.41, 5.74) is 7.64. The Bertz CT molecular complexity index is 495. The van der Waals surface area contributed by atoms with Gasteiger partial charge in [-0.05, 0) is 30.0 Å². The van der Waals surface area contributed by atoms with Crippen LogP contribution in [-0.2, 0) is 4.79 Å². The smallest absolute Gasteiger partial charge is 0.241 e. The number of hydrogen-bond donors (Lipinski definition) is 2. The van der Waals surface area contributed by atoms with Gasteiger partial charge in [0.05, 0.1) is 17.7 Å². The summed E-state index contributed by atoms with van der Waals surface area (Å²) in [6.07, 6.45) is 0. The highest BCUT2D eigenvalue weighted by Crippen LogP contribution is 2.21. The lowest BCUT2D eigenvalue weighted by molar-refractivity contribution is -0.119. The largest absolute Gasteiger partial charge is 0.324 e. The zero-order chi connectivity index (χ0) is 13.9. The lowest BCUT2D eigenvalue weighted by Crippen LogP contribution is -2.45. The maximum Gasteiger partial charge on any atom is 0.241 e. The molecule has 0 heterocycles. The molecule has 0 saturated heterocycles. The molecule has 18 heavy (non-hydrogen) atoms. The van der Waals surface area contributed by atoms with Crippen LogP contribution in [0.4, 0.5) is 5.69 Å². The standard InChI is InChI=1S/C14H19N3O/c1-9-5-6-10(8-15)7-11(9)17-13(18)12(16)14(2,3)4/h5-7,12H,16H2,1-4H3,(H,17,18). The lowest BCUT2D eigenvalue weighted by atomic mass is 9.87. The maximum atomic E-state index is 12.0. The summed E-state index contributed by atoms with van der Waals surface area (Å²) in [5, 5.41) is 11.6. The van der Waals surface area contributed by atoms with E-state index in [1.165, 1.54) is 0 Å². The third-order valence-electron chi connectivity index (χ3n) is 2.84. The summed E-state index contributed by atoms with van der Waals surface area (Å²) in [6.45, 7) is 7.61. The van der Waals surface area contributed by atoms with Crippen LogP contribution in [0.2, 0.25) is 0 Å². The Kier molecular flexibility index (Phi) is 4.10. The number of anilines is 1. The van der Waals surface area contributed by atoms with Crippen molar-refractivity contribution in [1.29, 1.82) is 5.26 Å². The fourth-order valence-corrected chi connectivity index (χ4v) is 1.43. The van der Waals surface area contributed by atoms with Crippen LogP contribution in [0.15, 0.2) is 18.2 Å². The molecule has 3 N–H and O–H groups in total. The Balaban J connectivity index is 2.92. The van der Waals surface area contributed by atoms with E-state index in [0.29, 0.717) is 11.3 Å². The van der Waals surface area contributed by atoms with Gasteiger partial charge >= 0.3 is 0 Å². The monoisotopic (exact) mass is 245 g/mol. The average Bonchev–Trinajstić information content (AvgIpc) is 2.29. The van der Waals surface area contributed by atoms with Gasteiger partial charge in [-0.25, -0.2) is 0 Å². The lowest BCUT2D eigenvalue weighted by Gasteiger charge is -2.26. The van der Waals surface area contributed by atoms with Gasteiger partial charge in [0.15, 0.2) is 0 Å². The molecule has 0 aliphatic heterocycles. The fourth-order valence-electron chi connectivity index (χ4n) is 1.43. The molecule has 1 atom stereocenters. The van der Waals surface area contributed by atoms with Crippen molar-refractivity contribution in [1.82, 2.24) is 0 Å². The number of nitrogens with zero attached hydrogens (tertiary/aromatic N) is 1. The topological polar surface area (TPSA) is 78.9 Å². The van der Waals surface area contributed by atoms with Crippen molar-refractivity contribution in [2.45, 2.75) is 33.7 Å². The van der Waals surface area contributed by atoms with E-state index in [1.807, 2.05) is 33.8 Å². The normalized spacial score (nSPS) is 12.7. The number of nitrogens with one attached hydrogen (secondary N) is 1. The van der Waals surface area contributed by atoms with E-state index in [9.17, 15) is 4.79 Å². The van der Waals surface area contributed by atoms with E-state index >= 15 is 0 Å². The second kappa shape index (κ2) is 5.19. The molecule has 1 aromatic rings. The predicted molar refractivity (Wildman–Crippen MR) is 72.0 cm³/mol. The number of carbonyl (C=O) groups is 1. The molecule has 0 aromatic heterocycles. The number of hydrogen-bond acceptors (Lipinski definition) is 3. The zero-order valence-electron chi connectivity index (χ0n) is 11.2. The van der Waals surface area contributed by atoms with Gasteiger partial charge in [-0.3, -0.25) is 4.79 Å². The van der Waals surface area contributed by atoms with Gasteiger partial charge in [-0.15, -0.1) is 0 Å². The highest BCUT2D eigenvalue weighted by Gasteiger charge is 2.27. The average molecular weight is 245 g/mol. The highest BCUT2D eigenvalue weighted by atomic mass is 16.2. The van der Waals surface area contributed by atoms with Crippen molar-refractivity contribution >= 4 is 11.6 Å². The van der Waals surface area contributed by atoms with Crippen LogP contribution in [0.3, 0.4) is 0 Å². The van der Waals surface area contributed by atoms with Gasteiger partial charge < -0.3 is 11.1 Å². The Morgan fingerprint density at radius 2 is 2.06 bits per heavy atom. The third kappa shape index (κ3) is 3.31. The van der Waals surface area contributed by atoms with Gasteiger partial charge in [0.1, 0.15) is 0 Å². The highest BCUT2D eigenvalue weighted by molar-refractivity contribution is 5.96. The molecule has 0 aliphatic rings. The minimum Gasteiger partial charge on any atom is -0.324 e. The summed E-state index contributed by atoms with van der Waals surface area (Å²) in [6, 6.07) is 6.62. The summed E-state index contributed by atoms with van der Waals surface area (Å²) >= 11 is 0. The SMILES string of the molecule is Cc1ccc(C#N)cc1NC(=O)C(N)C(C)(C)C. The first kappa shape index (κ1) is 14.2. The molecule has 4 nitrogen and oxygen atoms in total. The molecule has 96 valence electrons. The number of nitrogens with two attached hydrogens (primary N) is 1. The Labute approximate surface area is 108 Å². The first-order valence-corrected chi connectivity index (χ1v) is 5.83. The van der Waals surface area contributed by atoms with Crippen molar-refractivity contribution in [2.24, 2.45) is 11.1 Å². The van der Waals surface area contributed by atoms with Crippen LogP contribution in [-0.4, -0.2) is 11.9 Å². The fraction of sp³-hybridized carbons (Fsp3) is 0.429. The van der Waals surface area contributed by atoms with Crippen LogP contribution in [0.5, 0.6) is 0 Å². The van der Waals surface area contributed by atoms with Crippen LogP contribution < -0.4 is 11.1 Å². The molecule has 0 radical (unpaired) electrons. The van der Waals surface area contributed by atoms with E-state index in [-0.39, 0.29) is 11.3 Å². The van der Waals surface area contributed by atoms with E-state index in [2.05, 4.69) is 5.32 Å². The Morgan fingerprint density at radius 3 is 2.56 bits per heavy atom. The second-order valence-corrected chi connectivity index (χ2v) is 5.47. The van der Waals surface area contributed by atoms with Crippen molar-refractivity contribution in [3.8, 4) is 6.07 Å². The summed E-state index contributed by atoms with van der Waals surface area (Å²) in [4.78, 5) is 12.0. The molecule has 1 unspecified atom stereocenters. The molecule has 1 amide bonds. The number of rotatable bonds is 2. The minimum absolute atomic E-state index is 0.235. The molecular weight excluding hydrogens is 226 g/mol. The third-order valence-corrected chi connectivity index (χ3v) is 2.84. The van der Waals surface area contributed by atoms with Crippen LogP contribution in [0.1, 0.15) is 31.9 Å². The van der Waals surface area contributed by atoms with E-state index in [4.69, 9.17) is 11.0 Å². The first-order valence-electron chi connectivity index (χ1n) is 5.83. The Morgan fingerprint density at radius 1 is 1.44 bits per heavy atom. The number of benzene rings is 1. The van der Waals surface area contributed by atoms with Crippen molar-refractivity contribution in [2.75, 3.05) is 5.32 Å². The van der Waals surface area contributed by atoms with Gasteiger partial charge in [0, 0.05) is 5.69 Å². The first-order chi connectivity index (χ1) is 8.25. The van der Waals surface area contributed by atoms with Gasteiger partial charge in [-0.1, -0.05) is 26.8 Å². The quantitative estimate of drug-likeness (QED) is 0.838. The van der Waals surface area contributed by atoms with E-state index in [1.54, 1.807) is 18.2 Å². The molecular formula is C14H19N3O. The number of nitriles is 1. The van der Waals surface area contributed by atoms with E-state index in [0.717, 1.165) is 5.56 Å². The van der Waals surface area contributed by atoms with Gasteiger partial charge in [-0.2, -0.15) is 5.26 Å². The Hall–Kier alpha value is -1.86. The van der Waals surface area contributed by atoms with Crippen LogP contribution in [0.25, 0.3) is 0 Å². The molecule has 0 bridgehead atoms. The van der Waals surface area contributed by atoms with E-state index < -0.39 is 6.04 Å². The number of amides is 1. The molecule has 0 spiro atoms. The molecule has 1 rings (SSSR count). The molecule has 0 saturated carbocycles. The van der Waals surface area contributed by atoms with Gasteiger partial charge in [0.25, 0.3) is 0 Å².